The molecule has 2 aromatic rings. The standard InChI is InChI=1S/C29H39ClN4O5/c1-20(39-29(36)33-13-5-3-6-14-33)19-38-23-11-9-21(10-12-23)34-15-7-4-8-22(34)18-32-28(35)24-16-25(30)26(31)17-27(24)37-2/h9-12,16-17,20,22H,3-8,13-15,18-19,31H2,1-2H3,(H,32,35). The topological polar surface area (TPSA) is 106 Å². The fourth-order valence-electron chi connectivity index (χ4n) is 5.08. The third-order valence-electron chi connectivity index (χ3n) is 7.26. The van der Waals surface area contributed by atoms with Gasteiger partial charge in [0.25, 0.3) is 5.91 Å². The summed E-state index contributed by atoms with van der Waals surface area (Å²) < 4.78 is 16.8. The Morgan fingerprint density at radius 2 is 1.79 bits per heavy atom. The van der Waals surface area contributed by atoms with Gasteiger partial charge in [0, 0.05) is 44.0 Å². The van der Waals surface area contributed by atoms with Crippen LogP contribution in [-0.2, 0) is 4.74 Å². The Labute approximate surface area is 235 Å². The summed E-state index contributed by atoms with van der Waals surface area (Å²) in [5.74, 6) is 0.855. The summed E-state index contributed by atoms with van der Waals surface area (Å²) in [6, 6.07) is 11.2. The van der Waals surface area contributed by atoms with Gasteiger partial charge in [0.05, 0.1) is 23.4 Å². The van der Waals surface area contributed by atoms with Crippen molar-refractivity contribution in [2.75, 3.05) is 50.5 Å². The number of hydrogen-bond donors (Lipinski definition) is 2. The average molecular weight is 559 g/mol. The molecule has 10 heteroatoms. The number of halogens is 1. The second kappa shape index (κ2) is 13.6. The fourth-order valence-corrected chi connectivity index (χ4v) is 5.24. The number of carbonyl (C=O) groups is 2. The predicted octanol–water partition coefficient (Wildman–Crippen LogP) is 5.11. The summed E-state index contributed by atoms with van der Waals surface area (Å²) in [6.45, 7) is 5.05. The molecule has 39 heavy (non-hydrogen) atoms. The summed E-state index contributed by atoms with van der Waals surface area (Å²) in [6.07, 6.45) is 5.78. The number of likely N-dealkylation sites (tertiary alicyclic amines) is 1. The fraction of sp³-hybridized carbons (Fsp3) is 0.517. The van der Waals surface area contributed by atoms with Crippen molar-refractivity contribution < 1.29 is 23.8 Å². The third kappa shape index (κ3) is 7.62. The maximum Gasteiger partial charge on any atom is 0.410 e. The molecule has 2 aliphatic rings. The van der Waals surface area contributed by atoms with Crippen LogP contribution in [0.15, 0.2) is 36.4 Å². The Morgan fingerprint density at radius 3 is 2.51 bits per heavy atom. The van der Waals surface area contributed by atoms with Gasteiger partial charge in [0.15, 0.2) is 0 Å². The minimum Gasteiger partial charge on any atom is -0.496 e. The van der Waals surface area contributed by atoms with Crippen LogP contribution in [0, 0.1) is 0 Å². The van der Waals surface area contributed by atoms with E-state index in [4.69, 9.17) is 31.5 Å². The molecule has 2 fully saturated rings. The minimum absolute atomic E-state index is 0.152. The van der Waals surface area contributed by atoms with Gasteiger partial charge in [-0.1, -0.05) is 11.6 Å². The number of nitrogens with two attached hydrogens (primary N) is 1. The molecule has 0 spiro atoms. The molecule has 0 aromatic heterocycles. The van der Waals surface area contributed by atoms with Crippen molar-refractivity contribution in [1.82, 2.24) is 10.2 Å². The van der Waals surface area contributed by atoms with E-state index in [1.165, 1.54) is 19.6 Å². The Balaban J connectivity index is 1.30. The van der Waals surface area contributed by atoms with Gasteiger partial charge < -0.3 is 35.1 Å². The highest BCUT2D eigenvalue weighted by atomic mass is 35.5. The smallest absolute Gasteiger partial charge is 0.410 e. The molecule has 2 aromatic carbocycles. The molecule has 0 saturated carbocycles. The van der Waals surface area contributed by atoms with Crippen molar-refractivity contribution in [2.24, 2.45) is 0 Å². The van der Waals surface area contributed by atoms with E-state index in [0.29, 0.717) is 34.3 Å². The second-order valence-corrected chi connectivity index (χ2v) is 10.6. The third-order valence-corrected chi connectivity index (χ3v) is 7.59. The van der Waals surface area contributed by atoms with E-state index in [1.54, 1.807) is 11.0 Å². The summed E-state index contributed by atoms with van der Waals surface area (Å²) in [5, 5.41) is 3.36. The van der Waals surface area contributed by atoms with Gasteiger partial charge in [-0.3, -0.25) is 4.79 Å². The number of anilines is 2. The molecular formula is C29H39ClN4O5. The van der Waals surface area contributed by atoms with E-state index in [-0.39, 0.29) is 30.8 Å². The van der Waals surface area contributed by atoms with Gasteiger partial charge in [0.2, 0.25) is 0 Å². The van der Waals surface area contributed by atoms with Gasteiger partial charge in [0.1, 0.15) is 24.2 Å². The number of nitrogens with zero attached hydrogens (tertiary/aromatic N) is 2. The number of amides is 2. The summed E-state index contributed by atoms with van der Waals surface area (Å²) in [7, 11) is 1.50. The molecule has 2 aliphatic heterocycles. The van der Waals surface area contributed by atoms with E-state index in [1.807, 2.05) is 31.2 Å². The quantitative estimate of drug-likeness (QED) is 0.412. The molecule has 2 unspecified atom stereocenters. The number of hydrogen-bond acceptors (Lipinski definition) is 7. The monoisotopic (exact) mass is 558 g/mol. The van der Waals surface area contributed by atoms with Crippen LogP contribution in [0.3, 0.4) is 0 Å². The van der Waals surface area contributed by atoms with Crippen molar-refractivity contribution >= 4 is 35.0 Å². The molecule has 212 valence electrons. The molecule has 0 aliphatic carbocycles. The van der Waals surface area contributed by atoms with Crippen LogP contribution in [0.5, 0.6) is 11.5 Å². The highest BCUT2D eigenvalue weighted by molar-refractivity contribution is 6.33. The maximum atomic E-state index is 12.9. The highest BCUT2D eigenvalue weighted by Crippen LogP contribution is 2.30. The van der Waals surface area contributed by atoms with E-state index < -0.39 is 0 Å². The number of nitrogens with one attached hydrogen (secondary N) is 1. The summed E-state index contributed by atoms with van der Waals surface area (Å²) in [5.41, 5.74) is 7.64. The van der Waals surface area contributed by atoms with Crippen molar-refractivity contribution in [1.29, 1.82) is 0 Å². The van der Waals surface area contributed by atoms with Crippen LogP contribution in [0.2, 0.25) is 5.02 Å². The van der Waals surface area contributed by atoms with E-state index in [0.717, 1.165) is 57.4 Å². The zero-order chi connectivity index (χ0) is 27.8. The average Bonchev–Trinajstić information content (AvgIpc) is 2.97. The van der Waals surface area contributed by atoms with Gasteiger partial charge in [-0.25, -0.2) is 4.79 Å². The Kier molecular flexibility index (Phi) is 10.0. The lowest BCUT2D eigenvalue weighted by atomic mass is 10.0. The number of carbonyl (C=O) groups excluding carboxylic acids is 2. The molecule has 2 saturated heterocycles. The van der Waals surface area contributed by atoms with Gasteiger partial charge in [-0.05, 0) is 75.8 Å². The van der Waals surface area contributed by atoms with Crippen LogP contribution in [0.1, 0.15) is 55.8 Å². The molecule has 0 bridgehead atoms. The number of nitrogen functional groups attached to an aromatic ring is 1. The van der Waals surface area contributed by atoms with Crippen molar-refractivity contribution in [3.63, 3.8) is 0 Å². The van der Waals surface area contributed by atoms with E-state index in [9.17, 15) is 9.59 Å². The van der Waals surface area contributed by atoms with Crippen LogP contribution in [0.4, 0.5) is 16.2 Å². The predicted molar refractivity (Wildman–Crippen MR) is 153 cm³/mol. The lowest BCUT2D eigenvalue weighted by Crippen LogP contribution is -2.47. The first-order valence-electron chi connectivity index (χ1n) is 13.7. The van der Waals surface area contributed by atoms with Gasteiger partial charge in [-0.2, -0.15) is 0 Å². The van der Waals surface area contributed by atoms with Crippen LogP contribution in [-0.4, -0.2) is 68.9 Å². The Morgan fingerprint density at radius 1 is 1.08 bits per heavy atom. The lowest BCUT2D eigenvalue weighted by Gasteiger charge is -2.37. The number of ether oxygens (including phenoxy) is 3. The highest BCUT2D eigenvalue weighted by Gasteiger charge is 2.25. The normalized spacial score (nSPS) is 18.3. The van der Waals surface area contributed by atoms with Gasteiger partial charge in [-0.15, -0.1) is 0 Å². The van der Waals surface area contributed by atoms with Crippen LogP contribution in [0.25, 0.3) is 0 Å². The van der Waals surface area contributed by atoms with E-state index >= 15 is 0 Å². The first-order chi connectivity index (χ1) is 18.9. The minimum atomic E-state index is -0.344. The number of piperidine rings is 2. The maximum absolute atomic E-state index is 12.9. The molecule has 4 rings (SSSR count). The largest absolute Gasteiger partial charge is 0.496 e. The molecule has 9 nitrogen and oxygen atoms in total. The number of methoxy groups -OCH3 is 1. The van der Waals surface area contributed by atoms with Crippen molar-refractivity contribution in [2.45, 2.75) is 57.6 Å². The van der Waals surface area contributed by atoms with Gasteiger partial charge >= 0.3 is 6.09 Å². The van der Waals surface area contributed by atoms with Crippen molar-refractivity contribution in [3.05, 3.63) is 47.0 Å². The molecule has 2 amide bonds. The van der Waals surface area contributed by atoms with E-state index in [2.05, 4.69) is 10.2 Å². The lowest BCUT2D eigenvalue weighted by molar-refractivity contribution is 0.0437. The molecule has 2 atom stereocenters. The first kappa shape index (κ1) is 28.7. The Bertz CT molecular complexity index is 1120. The zero-order valence-corrected chi connectivity index (χ0v) is 23.5. The summed E-state index contributed by atoms with van der Waals surface area (Å²) in [4.78, 5) is 29.3. The van der Waals surface area contributed by atoms with Crippen LogP contribution < -0.4 is 25.4 Å². The first-order valence-corrected chi connectivity index (χ1v) is 14.1. The zero-order valence-electron chi connectivity index (χ0n) is 22.8. The summed E-state index contributed by atoms with van der Waals surface area (Å²) >= 11 is 6.14. The molecule has 3 N–H and O–H groups in total. The SMILES string of the molecule is COc1cc(N)c(Cl)cc1C(=O)NCC1CCCCN1c1ccc(OCC(C)OC(=O)N2CCCCC2)cc1. The number of benzene rings is 2. The van der Waals surface area contributed by atoms with Crippen molar-refractivity contribution in [3.8, 4) is 11.5 Å². The second-order valence-electron chi connectivity index (χ2n) is 10.2. The molecule has 0 radical (unpaired) electrons. The Hall–Kier alpha value is -3.33. The molecule has 2 heterocycles. The number of rotatable bonds is 9. The van der Waals surface area contributed by atoms with Crippen LogP contribution >= 0.6 is 11.6 Å². The molecular weight excluding hydrogens is 520 g/mol.